The summed E-state index contributed by atoms with van der Waals surface area (Å²) in [6.45, 7) is 3.72. The van der Waals surface area contributed by atoms with Crippen molar-refractivity contribution < 1.29 is 9.53 Å². The highest BCUT2D eigenvalue weighted by Crippen LogP contribution is 2.29. The molecule has 0 saturated heterocycles. The van der Waals surface area contributed by atoms with Crippen LogP contribution in [0.15, 0.2) is 23.1 Å². The molecule has 1 rings (SSSR count). The van der Waals surface area contributed by atoms with E-state index in [1.807, 2.05) is 38.3 Å². The summed E-state index contributed by atoms with van der Waals surface area (Å²) in [6.07, 6.45) is 2.00. The van der Waals surface area contributed by atoms with Crippen LogP contribution in [-0.4, -0.2) is 19.3 Å². The highest BCUT2D eigenvalue weighted by molar-refractivity contribution is 7.98. The minimum atomic E-state index is -0.0392. The van der Waals surface area contributed by atoms with Crippen molar-refractivity contribution in [1.82, 2.24) is 0 Å². The number of methoxy groups -OCH3 is 1. The lowest BCUT2D eigenvalue weighted by atomic mass is 10.2. The van der Waals surface area contributed by atoms with Gasteiger partial charge in [-0.25, -0.2) is 0 Å². The largest absolute Gasteiger partial charge is 0.495 e. The summed E-state index contributed by atoms with van der Waals surface area (Å²) in [5.74, 6) is 0.644. The molecule has 0 heterocycles. The molecule has 0 radical (unpaired) electrons. The molecule has 1 aromatic carbocycles. The molecule has 0 aliphatic carbocycles. The molecule has 0 spiro atoms. The maximum atomic E-state index is 11.6. The SMILES string of the molecule is COc1ccc(SC)cc1NC(=O)C(C)C. The summed E-state index contributed by atoms with van der Waals surface area (Å²) >= 11 is 1.63. The van der Waals surface area contributed by atoms with Crippen molar-refractivity contribution in [3.8, 4) is 5.75 Å². The minimum Gasteiger partial charge on any atom is -0.495 e. The monoisotopic (exact) mass is 239 g/mol. The number of nitrogens with one attached hydrogen (secondary N) is 1. The van der Waals surface area contributed by atoms with Crippen molar-refractivity contribution in [1.29, 1.82) is 0 Å². The number of ether oxygens (including phenoxy) is 1. The normalized spacial score (nSPS) is 10.3. The van der Waals surface area contributed by atoms with Gasteiger partial charge in [-0.3, -0.25) is 4.79 Å². The predicted octanol–water partition coefficient (Wildman–Crippen LogP) is 3.01. The van der Waals surface area contributed by atoms with Crippen molar-refractivity contribution in [3.05, 3.63) is 18.2 Å². The molecule has 0 atom stereocenters. The first-order valence-corrected chi connectivity index (χ1v) is 6.34. The lowest BCUT2D eigenvalue weighted by Crippen LogP contribution is -2.18. The zero-order valence-electron chi connectivity index (χ0n) is 10.0. The molecular weight excluding hydrogens is 222 g/mol. The molecule has 3 nitrogen and oxygen atoms in total. The Hall–Kier alpha value is -1.16. The number of thioether (sulfide) groups is 1. The summed E-state index contributed by atoms with van der Waals surface area (Å²) in [5.41, 5.74) is 0.730. The van der Waals surface area contributed by atoms with E-state index in [1.165, 1.54) is 0 Å². The van der Waals surface area contributed by atoms with E-state index >= 15 is 0 Å². The Bertz CT molecular complexity index is 377. The molecule has 1 N–H and O–H groups in total. The van der Waals surface area contributed by atoms with E-state index in [2.05, 4.69) is 5.32 Å². The van der Waals surface area contributed by atoms with Gasteiger partial charge in [-0.05, 0) is 24.5 Å². The average molecular weight is 239 g/mol. The van der Waals surface area contributed by atoms with Gasteiger partial charge in [0.05, 0.1) is 12.8 Å². The lowest BCUT2D eigenvalue weighted by Gasteiger charge is -2.12. The molecule has 1 amide bonds. The van der Waals surface area contributed by atoms with Gasteiger partial charge in [0.15, 0.2) is 0 Å². The van der Waals surface area contributed by atoms with Gasteiger partial charge in [0, 0.05) is 10.8 Å². The molecule has 0 unspecified atom stereocenters. The Morgan fingerprint density at radius 2 is 2.12 bits per heavy atom. The van der Waals surface area contributed by atoms with Crippen LogP contribution in [0.1, 0.15) is 13.8 Å². The summed E-state index contributed by atoms with van der Waals surface area (Å²) in [4.78, 5) is 12.7. The number of rotatable bonds is 4. The van der Waals surface area contributed by atoms with Crippen LogP contribution in [0.2, 0.25) is 0 Å². The molecular formula is C12H17NO2S. The van der Waals surface area contributed by atoms with Gasteiger partial charge in [0.1, 0.15) is 5.75 Å². The molecule has 0 aliphatic heterocycles. The van der Waals surface area contributed by atoms with Crippen LogP contribution in [-0.2, 0) is 4.79 Å². The smallest absolute Gasteiger partial charge is 0.227 e. The highest BCUT2D eigenvalue weighted by atomic mass is 32.2. The summed E-state index contributed by atoms with van der Waals surface area (Å²) < 4.78 is 5.20. The van der Waals surface area contributed by atoms with Crippen LogP contribution in [0.5, 0.6) is 5.75 Å². The Morgan fingerprint density at radius 1 is 1.44 bits per heavy atom. The fraction of sp³-hybridized carbons (Fsp3) is 0.417. The van der Waals surface area contributed by atoms with Crippen molar-refractivity contribution in [2.75, 3.05) is 18.7 Å². The van der Waals surface area contributed by atoms with Gasteiger partial charge in [-0.15, -0.1) is 11.8 Å². The van der Waals surface area contributed by atoms with Crippen LogP contribution in [0.3, 0.4) is 0 Å². The number of hydrogen-bond donors (Lipinski definition) is 1. The summed E-state index contributed by atoms with van der Waals surface area (Å²) in [6, 6.07) is 5.75. The third-order valence-corrected chi connectivity index (χ3v) is 2.91. The number of hydrogen-bond acceptors (Lipinski definition) is 3. The zero-order valence-corrected chi connectivity index (χ0v) is 10.9. The van der Waals surface area contributed by atoms with E-state index in [4.69, 9.17) is 4.74 Å². The first kappa shape index (κ1) is 12.9. The third-order valence-electron chi connectivity index (χ3n) is 2.19. The molecule has 1 aromatic rings. The molecule has 0 saturated carbocycles. The summed E-state index contributed by atoms with van der Waals surface area (Å²) in [5, 5.41) is 2.86. The van der Waals surface area contributed by atoms with E-state index in [9.17, 15) is 4.79 Å². The van der Waals surface area contributed by atoms with Crippen LogP contribution in [0.25, 0.3) is 0 Å². The second kappa shape index (κ2) is 5.80. The van der Waals surface area contributed by atoms with E-state index in [0.717, 1.165) is 10.6 Å². The van der Waals surface area contributed by atoms with Crippen LogP contribution < -0.4 is 10.1 Å². The van der Waals surface area contributed by atoms with Gasteiger partial charge in [0.2, 0.25) is 5.91 Å². The third kappa shape index (κ3) is 3.17. The Balaban J connectivity index is 2.95. The van der Waals surface area contributed by atoms with Crippen molar-refractivity contribution in [2.24, 2.45) is 5.92 Å². The molecule has 0 aromatic heterocycles. The molecule has 88 valence electrons. The Kier molecular flexibility index (Phi) is 4.68. The maximum Gasteiger partial charge on any atom is 0.227 e. The van der Waals surface area contributed by atoms with E-state index in [-0.39, 0.29) is 11.8 Å². The van der Waals surface area contributed by atoms with E-state index < -0.39 is 0 Å². The van der Waals surface area contributed by atoms with Crippen molar-refractivity contribution in [3.63, 3.8) is 0 Å². The Morgan fingerprint density at radius 3 is 2.62 bits per heavy atom. The molecule has 0 aliphatic rings. The maximum absolute atomic E-state index is 11.6. The minimum absolute atomic E-state index is 0.00319. The number of amides is 1. The van der Waals surface area contributed by atoms with E-state index in [1.54, 1.807) is 18.9 Å². The number of benzene rings is 1. The number of carbonyl (C=O) groups is 1. The van der Waals surface area contributed by atoms with Gasteiger partial charge in [0.25, 0.3) is 0 Å². The van der Waals surface area contributed by atoms with Gasteiger partial charge in [-0.2, -0.15) is 0 Å². The van der Waals surface area contributed by atoms with Gasteiger partial charge < -0.3 is 10.1 Å². The van der Waals surface area contributed by atoms with Gasteiger partial charge in [-0.1, -0.05) is 13.8 Å². The fourth-order valence-corrected chi connectivity index (χ4v) is 1.63. The quantitative estimate of drug-likeness (QED) is 0.821. The first-order chi connectivity index (χ1) is 7.58. The van der Waals surface area contributed by atoms with Crippen LogP contribution in [0.4, 0.5) is 5.69 Å². The fourth-order valence-electron chi connectivity index (χ4n) is 1.19. The summed E-state index contributed by atoms with van der Waals surface area (Å²) in [7, 11) is 1.60. The highest BCUT2D eigenvalue weighted by Gasteiger charge is 2.11. The zero-order chi connectivity index (χ0) is 12.1. The van der Waals surface area contributed by atoms with Crippen molar-refractivity contribution >= 4 is 23.4 Å². The predicted molar refractivity (Wildman–Crippen MR) is 68.2 cm³/mol. The van der Waals surface area contributed by atoms with Crippen LogP contribution >= 0.6 is 11.8 Å². The molecule has 0 bridgehead atoms. The second-order valence-corrected chi connectivity index (χ2v) is 4.59. The lowest BCUT2D eigenvalue weighted by molar-refractivity contribution is -0.118. The van der Waals surface area contributed by atoms with Gasteiger partial charge >= 0.3 is 0 Å². The molecule has 4 heteroatoms. The molecule has 0 fully saturated rings. The topological polar surface area (TPSA) is 38.3 Å². The van der Waals surface area contributed by atoms with Crippen LogP contribution in [0, 0.1) is 5.92 Å². The molecule has 16 heavy (non-hydrogen) atoms. The number of carbonyl (C=O) groups excluding carboxylic acids is 1. The van der Waals surface area contributed by atoms with E-state index in [0.29, 0.717) is 5.75 Å². The Labute approximate surface area is 101 Å². The van der Waals surface area contributed by atoms with Crippen molar-refractivity contribution in [2.45, 2.75) is 18.7 Å². The second-order valence-electron chi connectivity index (χ2n) is 3.71. The standard InChI is InChI=1S/C12H17NO2S/c1-8(2)12(14)13-10-7-9(16-4)5-6-11(10)15-3/h5-8H,1-4H3,(H,13,14). The average Bonchev–Trinajstić information content (AvgIpc) is 2.28. The number of anilines is 1. The first-order valence-electron chi connectivity index (χ1n) is 5.11.